The van der Waals surface area contributed by atoms with Gasteiger partial charge in [0.1, 0.15) is 0 Å². The number of hydrogen-bond donors (Lipinski definition) is 2. The van der Waals surface area contributed by atoms with E-state index in [-0.39, 0.29) is 17.5 Å². The van der Waals surface area contributed by atoms with Gasteiger partial charge in [0.2, 0.25) is 5.91 Å². The zero-order valence-corrected chi connectivity index (χ0v) is 10.1. The summed E-state index contributed by atoms with van der Waals surface area (Å²) >= 11 is 1.59. The summed E-state index contributed by atoms with van der Waals surface area (Å²) in [7, 11) is 0. The first-order chi connectivity index (χ1) is 7.74. The smallest absolute Gasteiger partial charge is 0.235 e. The molecule has 88 valence electrons. The number of thioether (sulfide) groups is 1. The van der Waals surface area contributed by atoms with Crippen molar-refractivity contribution in [2.45, 2.75) is 19.8 Å². The molecule has 1 aromatic heterocycles. The van der Waals surface area contributed by atoms with E-state index in [0.717, 1.165) is 18.6 Å². The third-order valence-corrected chi connectivity index (χ3v) is 2.96. The van der Waals surface area contributed by atoms with E-state index in [4.69, 9.17) is 0 Å². The fourth-order valence-corrected chi connectivity index (χ4v) is 1.97. The van der Waals surface area contributed by atoms with Gasteiger partial charge in [-0.05, 0) is 24.3 Å². The summed E-state index contributed by atoms with van der Waals surface area (Å²) in [6.45, 7) is 2.12. The number of anilines is 1. The summed E-state index contributed by atoms with van der Waals surface area (Å²) in [5.41, 5.74) is 0. The minimum atomic E-state index is -0.130. The molecule has 0 saturated carbocycles. The minimum Gasteiger partial charge on any atom is -0.504 e. The Labute approximate surface area is 99.5 Å². The predicted molar refractivity (Wildman–Crippen MR) is 66.8 cm³/mol. The number of nitrogens with zero attached hydrogens (tertiary/aromatic N) is 1. The van der Waals surface area contributed by atoms with Gasteiger partial charge in [-0.15, -0.1) is 0 Å². The van der Waals surface area contributed by atoms with E-state index < -0.39 is 0 Å². The van der Waals surface area contributed by atoms with Crippen molar-refractivity contribution in [3.63, 3.8) is 0 Å². The van der Waals surface area contributed by atoms with Crippen LogP contribution < -0.4 is 5.32 Å². The van der Waals surface area contributed by atoms with Gasteiger partial charge in [-0.25, -0.2) is 4.98 Å². The number of aromatic nitrogens is 1. The van der Waals surface area contributed by atoms with E-state index >= 15 is 0 Å². The van der Waals surface area contributed by atoms with Crippen molar-refractivity contribution in [1.29, 1.82) is 0 Å². The van der Waals surface area contributed by atoms with Crippen LogP contribution in [0.1, 0.15) is 19.8 Å². The van der Waals surface area contributed by atoms with E-state index in [2.05, 4.69) is 17.2 Å². The molecule has 0 unspecified atom stereocenters. The molecule has 0 atom stereocenters. The Balaban J connectivity index is 2.32. The lowest BCUT2D eigenvalue weighted by molar-refractivity contribution is -0.113. The fourth-order valence-electron chi connectivity index (χ4n) is 1.07. The molecule has 0 spiro atoms. The molecule has 0 aliphatic heterocycles. The Morgan fingerprint density at radius 1 is 1.62 bits per heavy atom. The first-order valence-corrected chi connectivity index (χ1v) is 6.41. The fraction of sp³-hybridized carbons (Fsp3) is 0.455. The summed E-state index contributed by atoms with van der Waals surface area (Å²) < 4.78 is 0. The average molecular weight is 240 g/mol. The largest absolute Gasteiger partial charge is 0.504 e. The van der Waals surface area contributed by atoms with Crippen molar-refractivity contribution in [3.8, 4) is 5.75 Å². The molecule has 0 aromatic carbocycles. The van der Waals surface area contributed by atoms with Crippen LogP contribution in [0.4, 0.5) is 5.82 Å². The van der Waals surface area contributed by atoms with Crippen LogP contribution in [-0.4, -0.2) is 27.5 Å². The zero-order valence-electron chi connectivity index (χ0n) is 9.27. The standard InChI is InChI=1S/C11H16N2O2S/c1-2-3-7-16-8-10(15)13-11-9(14)5-4-6-12-11/h4-6,14H,2-3,7-8H2,1H3,(H,12,13,15). The van der Waals surface area contributed by atoms with E-state index in [0.29, 0.717) is 5.75 Å². The van der Waals surface area contributed by atoms with Crippen LogP contribution in [0.5, 0.6) is 5.75 Å². The van der Waals surface area contributed by atoms with Crippen molar-refractivity contribution >= 4 is 23.5 Å². The number of aromatic hydroxyl groups is 1. The molecule has 1 rings (SSSR count). The molecule has 2 N–H and O–H groups in total. The maximum Gasteiger partial charge on any atom is 0.235 e. The number of hydrogen-bond acceptors (Lipinski definition) is 4. The molecule has 0 aliphatic rings. The van der Waals surface area contributed by atoms with Crippen LogP contribution in [0, 0.1) is 0 Å². The zero-order chi connectivity index (χ0) is 11.8. The molecule has 0 aliphatic carbocycles. The van der Waals surface area contributed by atoms with Crippen molar-refractivity contribution in [2.24, 2.45) is 0 Å². The van der Waals surface area contributed by atoms with E-state index in [1.807, 2.05) is 0 Å². The summed E-state index contributed by atoms with van der Waals surface area (Å²) in [6.07, 6.45) is 3.78. The molecule has 1 amide bonds. The second kappa shape index (κ2) is 7.11. The molecule has 0 radical (unpaired) electrons. The van der Waals surface area contributed by atoms with Gasteiger partial charge in [0.05, 0.1) is 5.75 Å². The first-order valence-electron chi connectivity index (χ1n) is 5.25. The first kappa shape index (κ1) is 12.8. The van der Waals surface area contributed by atoms with E-state index in [1.165, 1.54) is 12.3 Å². The Morgan fingerprint density at radius 2 is 2.44 bits per heavy atom. The average Bonchev–Trinajstić information content (AvgIpc) is 2.28. The number of amides is 1. The molecule has 16 heavy (non-hydrogen) atoms. The van der Waals surface area contributed by atoms with Crippen LogP contribution in [0.2, 0.25) is 0 Å². The van der Waals surface area contributed by atoms with Gasteiger partial charge in [0.25, 0.3) is 0 Å². The topological polar surface area (TPSA) is 62.2 Å². The maximum atomic E-state index is 11.4. The highest BCUT2D eigenvalue weighted by Crippen LogP contribution is 2.18. The van der Waals surface area contributed by atoms with E-state index in [1.54, 1.807) is 17.8 Å². The van der Waals surface area contributed by atoms with Crippen molar-refractivity contribution in [3.05, 3.63) is 18.3 Å². The van der Waals surface area contributed by atoms with Crippen molar-refractivity contribution in [1.82, 2.24) is 4.98 Å². The van der Waals surface area contributed by atoms with Gasteiger partial charge in [0.15, 0.2) is 11.6 Å². The van der Waals surface area contributed by atoms with Crippen molar-refractivity contribution < 1.29 is 9.90 Å². The number of carbonyl (C=O) groups is 1. The lowest BCUT2D eigenvalue weighted by Gasteiger charge is -2.05. The second-order valence-electron chi connectivity index (χ2n) is 3.33. The monoisotopic (exact) mass is 240 g/mol. The second-order valence-corrected chi connectivity index (χ2v) is 4.43. The van der Waals surface area contributed by atoms with Gasteiger partial charge in [-0.3, -0.25) is 4.79 Å². The number of nitrogens with one attached hydrogen (secondary N) is 1. The molecule has 4 nitrogen and oxygen atoms in total. The third-order valence-electron chi connectivity index (χ3n) is 1.92. The molecule has 0 bridgehead atoms. The molecular formula is C11H16N2O2S. The predicted octanol–water partition coefficient (Wildman–Crippen LogP) is 2.26. The summed E-state index contributed by atoms with van der Waals surface area (Å²) in [5.74, 6) is 1.47. The van der Waals surface area contributed by atoms with Gasteiger partial charge in [-0.2, -0.15) is 11.8 Å². The minimum absolute atomic E-state index is 0.00518. The molecule has 0 fully saturated rings. The highest BCUT2D eigenvalue weighted by molar-refractivity contribution is 7.99. The highest BCUT2D eigenvalue weighted by Gasteiger charge is 2.06. The van der Waals surface area contributed by atoms with Gasteiger partial charge < -0.3 is 10.4 Å². The molecule has 1 aromatic rings. The third kappa shape index (κ3) is 4.53. The summed E-state index contributed by atoms with van der Waals surface area (Å²) in [5, 5.41) is 12.0. The van der Waals surface area contributed by atoms with Crippen LogP contribution in [0.25, 0.3) is 0 Å². The summed E-state index contributed by atoms with van der Waals surface area (Å²) in [4.78, 5) is 15.3. The number of pyridine rings is 1. The SMILES string of the molecule is CCCCSCC(=O)Nc1ncccc1O. The quantitative estimate of drug-likeness (QED) is 0.749. The van der Waals surface area contributed by atoms with Gasteiger partial charge in [-0.1, -0.05) is 13.3 Å². The lowest BCUT2D eigenvalue weighted by atomic mass is 10.4. The van der Waals surface area contributed by atoms with Crippen LogP contribution in [0.3, 0.4) is 0 Å². The van der Waals surface area contributed by atoms with Gasteiger partial charge >= 0.3 is 0 Å². The Hall–Kier alpha value is -1.23. The van der Waals surface area contributed by atoms with Crippen LogP contribution >= 0.6 is 11.8 Å². The molecule has 1 heterocycles. The molecular weight excluding hydrogens is 224 g/mol. The number of carbonyl (C=O) groups excluding carboxylic acids is 1. The Bertz CT molecular complexity index is 345. The normalized spacial score (nSPS) is 10.1. The number of unbranched alkanes of at least 4 members (excludes halogenated alkanes) is 1. The van der Waals surface area contributed by atoms with E-state index in [9.17, 15) is 9.90 Å². The van der Waals surface area contributed by atoms with Crippen LogP contribution in [-0.2, 0) is 4.79 Å². The molecule has 0 saturated heterocycles. The summed E-state index contributed by atoms with van der Waals surface area (Å²) in [6, 6.07) is 3.10. The lowest BCUT2D eigenvalue weighted by Crippen LogP contribution is -2.15. The van der Waals surface area contributed by atoms with Crippen molar-refractivity contribution in [2.75, 3.05) is 16.8 Å². The maximum absolute atomic E-state index is 11.4. The highest BCUT2D eigenvalue weighted by atomic mass is 32.2. The van der Waals surface area contributed by atoms with Gasteiger partial charge in [0, 0.05) is 6.20 Å². The number of rotatable bonds is 6. The Kier molecular flexibility index (Phi) is 5.71. The molecule has 5 heteroatoms. The van der Waals surface area contributed by atoms with Crippen LogP contribution in [0.15, 0.2) is 18.3 Å². The Morgan fingerprint density at radius 3 is 3.12 bits per heavy atom.